The van der Waals surface area contributed by atoms with Crippen molar-refractivity contribution >= 4 is 7.82 Å². The van der Waals surface area contributed by atoms with Gasteiger partial charge in [-0.15, -0.1) is 6.42 Å². The summed E-state index contributed by atoms with van der Waals surface area (Å²) in [5.41, 5.74) is 0. The van der Waals surface area contributed by atoms with Crippen LogP contribution in [-0.2, 0) is 13.8 Å². The van der Waals surface area contributed by atoms with E-state index in [9.17, 15) is 4.57 Å². The average molecular weight is 178 g/mol. The fourth-order valence-corrected chi connectivity index (χ4v) is 0.599. The van der Waals surface area contributed by atoms with Crippen LogP contribution >= 0.6 is 7.82 Å². The van der Waals surface area contributed by atoms with E-state index in [-0.39, 0.29) is 6.61 Å². The summed E-state index contributed by atoms with van der Waals surface area (Å²) in [6.45, 7) is 2.91. The molecule has 0 unspecified atom stereocenters. The molecule has 0 aromatic rings. The van der Waals surface area contributed by atoms with Gasteiger partial charge in [0.1, 0.15) is 0 Å². The quantitative estimate of drug-likeness (QED) is 0.365. The monoisotopic (exact) mass is 178 g/mol. The largest absolute Gasteiger partial charge is 0.527 e. The number of rotatable bonds is 4. The van der Waals surface area contributed by atoms with E-state index >= 15 is 0 Å². The van der Waals surface area contributed by atoms with Gasteiger partial charge < -0.3 is 9.26 Å². The first kappa shape index (κ1) is 10.0. The first-order valence-electron chi connectivity index (χ1n) is 2.46. The van der Waals surface area contributed by atoms with E-state index in [1.807, 2.05) is 0 Å². The fourth-order valence-electron chi connectivity index (χ4n) is 0.281. The number of ether oxygens (including phenoxy) is 1. The Morgan fingerprint density at radius 1 is 1.73 bits per heavy atom. The second-order valence-electron chi connectivity index (χ2n) is 1.45. The van der Waals surface area contributed by atoms with Gasteiger partial charge >= 0.3 is 7.82 Å². The lowest BCUT2D eigenvalue weighted by atomic mass is 10.7. The molecule has 0 aromatic carbocycles. The molecule has 0 heterocycles. The van der Waals surface area contributed by atoms with E-state index in [1.54, 1.807) is 0 Å². The lowest BCUT2D eigenvalue weighted by molar-refractivity contribution is 0.103. The van der Waals surface area contributed by atoms with Gasteiger partial charge in [0.05, 0.1) is 0 Å². The maximum Gasteiger partial charge on any atom is 0.527 e. The Bertz CT molecular complexity index is 222. The fraction of sp³-hybridized carbons (Fsp3) is 0.200. The van der Waals surface area contributed by atoms with Crippen LogP contribution in [0.5, 0.6) is 0 Å². The minimum Gasteiger partial charge on any atom is -0.452 e. The molecule has 0 fully saturated rings. The molecule has 0 amide bonds. The number of terminal acetylenes is 1. The molecule has 0 aliphatic carbocycles. The molecule has 0 saturated carbocycles. The van der Waals surface area contributed by atoms with Crippen LogP contribution in [0.1, 0.15) is 0 Å². The molecule has 0 saturated heterocycles. The van der Waals surface area contributed by atoms with Crippen LogP contribution < -0.4 is 0 Å². The maximum absolute atomic E-state index is 10.1. The molecular formula is C5H7O5P. The zero-order valence-corrected chi connectivity index (χ0v) is 6.45. The Labute approximate surface area is 63.9 Å². The van der Waals surface area contributed by atoms with Crippen LogP contribution in [0.4, 0.5) is 0 Å². The summed E-state index contributed by atoms with van der Waals surface area (Å²) in [5, 5.41) is 0. The SMILES string of the molecule is C#CCOC(=C)OP(=O)(O)O. The summed E-state index contributed by atoms with van der Waals surface area (Å²) < 4.78 is 18.4. The highest BCUT2D eigenvalue weighted by molar-refractivity contribution is 7.46. The van der Waals surface area contributed by atoms with Gasteiger partial charge in [0.25, 0.3) is 5.95 Å². The third-order valence-corrected chi connectivity index (χ3v) is 0.979. The molecule has 0 radical (unpaired) electrons. The summed E-state index contributed by atoms with van der Waals surface area (Å²) in [6, 6.07) is 0. The molecule has 5 nitrogen and oxygen atoms in total. The van der Waals surface area contributed by atoms with Crippen molar-refractivity contribution in [2.45, 2.75) is 0 Å². The van der Waals surface area contributed by atoms with Crippen molar-refractivity contribution in [3.05, 3.63) is 12.5 Å². The van der Waals surface area contributed by atoms with Crippen LogP contribution in [0.15, 0.2) is 12.5 Å². The molecule has 2 N–H and O–H groups in total. The summed E-state index contributed by atoms with van der Waals surface area (Å²) in [7, 11) is -4.56. The second kappa shape index (κ2) is 4.04. The maximum atomic E-state index is 10.1. The number of phosphoric ester groups is 1. The Morgan fingerprint density at radius 3 is 2.64 bits per heavy atom. The van der Waals surface area contributed by atoms with Gasteiger partial charge in [0.2, 0.25) is 0 Å². The normalized spacial score (nSPS) is 9.91. The highest BCUT2D eigenvalue weighted by atomic mass is 31.2. The topological polar surface area (TPSA) is 76.0 Å². The predicted molar refractivity (Wildman–Crippen MR) is 37.1 cm³/mol. The first-order valence-corrected chi connectivity index (χ1v) is 3.99. The Hall–Kier alpha value is -0.950. The standard InChI is InChI=1S/C5H7O5P/c1-3-4-9-5(2)10-11(6,7)8/h1H,2,4H2,(H2,6,7,8). The number of hydrogen-bond donors (Lipinski definition) is 2. The van der Waals surface area contributed by atoms with E-state index in [0.29, 0.717) is 0 Å². The predicted octanol–water partition coefficient (Wildman–Crippen LogP) is 0.217. The lowest BCUT2D eigenvalue weighted by Crippen LogP contribution is -1.94. The number of hydrogen-bond acceptors (Lipinski definition) is 3. The summed E-state index contributed by atoms with van der Waals surface area (Å²) in [4.78, 5) is 16.4. The van der Waals surface area contributed by atoms with Crippen LogP contribution in [-0.4, -0.2) is 16.4 Å². The Morgan fingerprint density at radius 2 is 2.27 bits per heavy atom. The zero-order valence-electron chi connectivity index (χ0n) is 5.56. The third kappa shape index (κ3) is 6.94. The molecule has 6 heteroatoms. The van der Waals surface area contributed by atoms with Crippen molar-refractivity contribution in [1.82, 2.24) is 0 Å². The van der Waals surface area contributed by atoms with E-state index in [4.69, 9.17) is 16.2 Å². The highest BCUT2D eigenvalue weighted by Gasteiger charge is 2.16. The molecule has 0 spiro atoms. The van der Waals surface area contributed by atoms with Crippen LogP contribution in [0, 0.1) is 12.3 Å². The van der Waals surface area contributed by atoms with Crippen LogP contribution in [0.25, 0.3) is 0 Å². The van der Waals surface area contributed by atoms with E-state index in [2.05, 4.69) is 21.8 Å². The zero-order chi connectivity index (χ0) is 8.91. The molecule has 0 bridgehead atoms. The molecule has 62 valence electrons. The van der Waals surface area contributed by atoms with Gasteiger partial charge in [-0.1, -0.05) is 5.92 Å². The number of phosphoric acid groups is 1. The molecule has 11 heavy (non-hydrogen) atoms. The molecule has 0 aromatic heterocycles. The van der Waals surface area contributed by atoms with E-state index in [1.165, 1.54) is 0 Å². The van der Waals surface area contributed by atoms with Crippen molar-refractivity contribution in [3.8, 4) is 12.3 Å². The smallest absolute Gasteiger partial charge is 0.452 e. The molecule has 0 aliphatic heterocycles. The van der Waals surface area contributed by atoms with Gasteiger partial charge in [0.15, 0.2) is 6.61 Å². The molecule has 0 aliphatic rings. The highest BCUT2D eigenvalue weighted by Crippen LogP contribution is 2.38. The summed E-state index contributed by atoms with van der Waals surface area (Å²) in [5.74, 6) is 1.58. The summed E-state index contributed by atoms with van der Waals surface area (Å²) in [6.07, 6.45) is 4.77. The van der Waals surface area contributed by atoms with Gasteiger partial charge in [-0.05, 0) is 6.58 Å². The van der Waals surface area contributed by atoms with Gasteiger partial charge in [0, 0.05) is 0 Å². The van der Waals surface area contributed by atoms with Crippen LogP contribution in [0.3, 0.4) is 0 Å². The van der Waals surface area contributed by atoms with Crippen molar-refractivity contribution in [3.63, 3.8) is 0 Å². The van der Waals surface area contributed by atoms with Crippen molar-refractivity contribution < 1.29 is 23.6 Å². The van der Waals surface area contributed by atoms with Crippen molar-refractivity contribution in [2.24, 2.45) is 0 Å². The second-order valence-corrected chi connectivity index (χ2v) is 2.61. The third-order valence-electron chi connectivity index (χ3n) is 0.537. The van der Waals surface area contributed by atoms with Crippen molar-refractivity contribution in [1.29, 1.82) is 0 Å². The molecular weight excluding hydrogens is 171 g/mol. The van der Waals surface area contributed by atoms with Gasteiger partial charge in [-0.25, -0.2) is 4.57 Å². The molecule has 0 atom stereocenters. The van der Waals surface area contributed by atoms with E-state index < -0.39 is 13.8 Å². The Kier molecular flexibility index (Phi) is 3.69. The van der Waals surface area contributed by atoms with Gasteiger partial charge in [-0.3, -0.25) is 9.79 Å². The van der Waals surface area contributed by atoms with Gasteiger partial charge in [-0.2, -0.15) is 0 Å². The minimum atomic E-state index is -4.56. The van der Waals surface area contributed by atoms with Crippen LogP contribution in [0.2, 0.25) is 0 Å². The first-order chi connectivity index (χ1) is 4.95. The minimum absolute atomic E-state index is 0.140. The molecule has 0 rings (SSSR count). The van der Waals surface area contributed by atoms with E-state index in [0.717, 1.165) is 0 Å². The lowest BCUT2D eigenvalue weighted by Gasteiger charge is -2.07. The Balaban J connectivity index is 3.73. The summed E-state index contributed by atoms with van der Waals surface area (Å²) >= 11 is 0. The average Bonchev–Trinajstić information content (AvgIpc) is 1.79. The van der Waals surface area contributed by atoms with Crippen molar-refractivity contribution in [2.75, 3.05) is 6.61 Å².